The first-order valence-electron chi connectivity index (χ1n) is 13.0. The van der Waals surface area contributed by atoms with E-state index in [2.05, 4.69) is 22.5 Å². The van der Waals surface area contributed by atoms with E-state index >= 15 is 0 Å². The summed E-state index contributed by atoms with van der Waals surface area (Å²) in [6, 6.07) is 3.44. The SMILES string of the molecule is CCCCCCNC(=O)C1CCCN(C(=O)c2c(NC(=O)c3cccnc3)sc3c2CCCC3)C1. The number of pyridine rings is 1. The fraction of sp³-hybridized carbons (Fsp3) is 0.556. The average molecular weight is 497 g/mol. The molecule has 4 rings (SSSR count). The zero-order valence-corrected chi connectivity index (χ0v) is 21.4. The Labute approximate surface area is 211 Å². The lowest BCUT2D eigenvalue weighted by atomic mass is 9.93. The zero-order valence-electron chi connectivity index (χ0n) is 20.6. The van der Waals surface area contributed by atoms with Crippen molar-refractivity contribution in [3.63, 3.8) is 0 Å². The molecule has 188 valence electrons. The number of fused-ring (bicyclic) bond motifs is 1. The molecule has 2 aromatic heterocycles. The third-order valence-corrected chi connectivity index (χ3v) is 8.15. The van der Waals surface area contributed by atoms with Gasteiger partial charge >= 0.3 is 0 Å². The second kappa shape index (κ2) is 12.3. The highest BCUT2D eigenvalue weighted by Crippen LogP contribution is 2.39. The number of likely N-dealkylation sites (tertiary alicyclic amines) is 1. The van der Waals surface area contributed by atoms with Gasteiger partial charge in [-0.15, -0.1) is 11.3 Å². The van der Waals surface area contributed by atoms with Gasteiger partial charge in [-0.3, -0.25) is 19.4 Å². The van der Waals surface area contributed by atoms with Crippen LogP contribution in [-0.4, -0.2) is 47.2 Å². The van der Waals surface area contributed by atoms with Crippen LogP contribution in [0, 0.1) is 5.92 Å². The second-order valence-corrected chi connectivity index (χ2v) is 10.7. The number of rotatable bonds is 9. The molecule has 1 saturated heterocycles. The van der Waals surface area contributed by atoms with Crippen LogP contribution in [0.3, 0.4) is 0 Å². The maximum atomic E-state index is 13.8. The molecule has 1 unspecified atom stereocenters. The van der Waals surface area contributed by atoms with E-state index in [4.69, 9.17) is 0 Å². The first-order valence-corrected chi connectivity index (χ1v) is 13.8. The van der Waals surface area contributed by atoms with Gasteiger partial charge in [-0.05, 0) is 62.6 Å². The number of nitrogens with zero attached hydrogens (tertiary/aromatic N) is 2. The number of aryl methyl sites for hydroxylation is 1. The standard InChI is InChI=1S/C27H36N4O3S/c1-2-3-4-7-15-29-24(32)20-11-9-16-31(18-20)27(34)23-21-12-5-6-13-22(21)35-26(23)30-25(33)19-10-8-14-28-17-19/h8,10,14,17,20H,2-7,9,11-13,15-16,18H2,1H3,(H,29,32)(H,30,33). The highest BCUT2D eigenvalue weighted by Gasteiger charge is 2.33. The van der Waals surface area contributed by atoms with Crippen LogP contribution in [0.4, 0.5) is 5.00 Å². The number of hydrogen-bond donors (Lipinski definition) is 2. The molecule has 0 saturated carbocycles. The number of anilines is 1. The molecule has 1 aliphatic carbocycles. The third kappa shape index (κ3) is 6.28. The zero-order chi connectivity index (χ0) is 24.6. The number of aromatic nitrogens is 1. The largest absolute Gasteiger partial charge is 0.356 e. The summed E-state index contributed by atoms with van der Waals surface area (Å²) in [6.07, 6.45) is 13.2. The van der Waals surface area contributed by atoms with Crippen molar-refractivity contribution in [2.24, 2.45) is 5.92 Å². The fourth-order valence-corrected chi connectivity index (χ4v) is 6.27. The van der Waals surface area contributed by atoms with Gasteiger partial charge in [-0.1, -0.05) is 26.2 Å². The number of unbranched alkanes of at least 4 members (excludes halogenated alkanes) is 3. The minimum Gasteiger partial charge on any atom is -0.356 e. The van der Waals surface area contributed by atoms with Gasteiger partial charge in [0.2, 0.25) is 5.91 Å². The number of carbonyl (C=O) groups is 3. The van der Waals surface area contributed by atoms with Crippen LogP contribution < -0.4 is 10.6 Å². The van der Waals surface area contributed by atoms with Crippen molar-refractivity contribution in [3.8, 4) is 0 Å². The Bertz CT molecular complexity index is 1040. The molecular formula is C27H36N4O3S. The van der Waals surface area contributed by atoms with Crippen LogP contribution >= 0.6 is 11.3 Å². The lowest BCUT2D eigenvalue weighted by Crippen LogP contribution is -2.45. The molecular weight excluding hydrogens is 460 g/mol. The molecule has 3 amide bonds. The minimum atomic E-state index is -0.260. The predicted molar refractivity (Wildman–Crippen MR) is 139 cm³/mol. The maximum absolute atomic E-state index is 13.8. The van der Waals surface area contributed by atoms with Gasteiger partial charge in [-0.25, -0.2) is 0 Å². The van der Waals surface area contributed by atoms with E-state index in [-0.39, 0.29) is 23.6 Å². The van der Waals surface area contributed by atoms with E-state index in [9.17, 15) is 14.4 Å². The van der Waals surface area contributed by atoms with Gasteiger partial charge in [0, 0.05) is 36.9 Å². The maximum Gasteiger partial charge on any atom is 0.257 e. The van der Waals surface area contributed by atoms with Gasteiger partial charge in [0.05, 0.1) is 17.0 Å². The van der Waals surface area contributed by atoms with Crippen LogP contribution in [0.25, 0.3) is 0 Å². The number of carbonyl (C=O) groups excluding carboxylic acids is 3. The Morgan fingerprint density at radius 2 is 2.00 bits per heavy atom. The summed E-state index contributed by atoms with van der Waals surface area (Å²) >= 11 is 1.52. The first kappa shape index (κ1) is 25.4. The molecule has 0 radical (unpaired) electrons. The molecule has 2 N–H and O–H groups in total. The summed E-state index contributed by atoms with van der Waals surface area (Å²) in [5.41, 5.74) is 2.17. The monoisotopic (exact) mass is 496 g/mol. The number of hydrogen-bond acceptors (Lipinski definition) is 5. The molecule has 0 spiro atoms. The molecule has 1 atom stereocenters. The predicted octanol–water partition coefficient (Wildman–Crippen LogP) is 4.82. The number of nitrogens with one attached hydrogen (secondary N) is 2. The Balaban J connectivity index is 1.47. The lowest BCUT2D eigenvalue weighted by Gasteiger charge is -2.32. The third-order valence-electron chi connectivity index (χ3n) is 6.94. The molecule has 1 fully saturated rings. The highest BCUT2D eigenvalue weighted by atomic mass is 32.1. The van der Waals surface area contributed by atoms with Crippen molar-refractivity contribution >= 4 is 34.1 Å². The molecule has 3 heterocycles. The van der Waals surface area contributed by atoms with Crippen molar-refractivity contribution < 1.29 is 14.4 Å². The number of thiophene rings is 1. The summed E-state index contributed by atoms with van der Waals surface area (Å²) < 4.78 is 0. The normalized spacial score (nSPS) is 17.5. The van der Waals surface area contributed by atoms with Gasteiger partial charge in [0.25, 0.3) is 11.8 Å². The molecule has 1 aliphatic heterocycles. The average Bonchev–Trinajstić information content (AvgIpc) is 3.26. The van der Waals surface area contributed by atoms with E-state index < -0.39 is 0 Å². The van der Waals surface area contributed by atoms with Crippen LogP contribution in [-0.2, 0) is 17.6 Å². The van der Waals surface area contributed by atoms with Crippen molar-refractivity contribution in [1.82, 2.24) is 15.2 Å². The summed E-state index contributed by atoms with van der Waals surface area (Å²) in [7, 11) is 0. The minimum absolute atomic E-state index is 0.0523. The Morgan fingerprint density at radius 3 is 2.80 bits per heavy atom. The van der Waals surface area contributed by atoms with Crippen LogP contribution in [0.5, 0.6) is 0 Å². The Kier molecular flexibility index (Phi) is 8.90. The molecule has 0 aromatic carbocycles. The Hall–Kier alpha value is -2.74. The topological polar surface area (TPSA) is 91.4 Å². The quantitative estimate of drug-likeness (QED) is 0.487. The smallest absolute Gasteiger partial charge is 0.257 e. The van der Waals surface area contributed by atoms with Crippen molar-refractivity contribution in [1.29, 1.82) is 0 Å². The number of amides is 3. The Morgan fingerprint density at radius 1 is 1.14 bits per heavy atom. The summed E-state index contributed by atoms with van der Waals surface area (Å²) in [4.78, 5) is 46.5. The highest BCUT2D eigenvalue weighted by molar-refractivity contribution is 7.17. The van der Waals surface area contributed by atoms with Gasteiger partial charge in [0.1, 0.15) is 5.00 Å². The van der Waals surface area contributed by atoms with Crippen LogP contribution in [0.2, 0.25) is 0 Å². The lowest BCUT2D eigenvalue weighted by molar-refractivity contribution is -0.126. The van der Waals surface area contributed by atoms with E-state index in [1.54, 1.807) is 18.3 Å². The summed E-state index contributed by atoms with van der Waals surface area (Å²) in [5.74, 6) is -0.450. The van der Waals surface area contributed by atoms with E-state index in [1.165, 1.54) is 35.3 Å². The summed E-state index contributed by atoms with van der Waals surface area (Å²) in [6.45, 7) is 3.94. The van der Waals surface area contributed by atoms with E-state index in [0.29, 0.717) is 35.8 Å². The van der Waals surface area contributed by atoms with Crippen LogP contribution in [0.1, 0.15) is 89.4 Å². The molecule has 7 nitrogen and oxygen atoms in total. The van der Waals surface area contributed by atoms with Gasteiger partial charge < -0.3 is 15.5 Å². The first-order chi connectivity index (χ1) is 17.1. The molecule has 35 heavy (non-hydrogen) atoms. The van der Waals surface area contributed by atoms with Crippen LogP contribution in [0.15, 0.2) is 24.5 Å². The van der Waals surface area contributed by atoms with E-state index in [0.717, 1.165) is 56.9 Å². The van der Waals surface area contributed by atoms with E-state index in [1.807, 2.05) is 4.90 Å². The second-order valence-electron chi connectivity index (χ2n) is 9.55. The molecule has 2 aliphatic rings. The fourth-order valence-electron chi connectivity index (χ4n) is 4.99. The van der Waals surface area contributed by atoms with Crippen molar-refractivity contribution in [2.75, 3.05) is 25.0 Å². The van der Waals surface area contributed by atoms with Crippen molar-refractivity contribution in [3.05, 3.63) is 46.1 Å². The molecule has 2 aromatic rings. The molecule has 8 heteroatoms. The number of piperidine rings is 1. The van der Waals surface area contributed by atoms with Gasteiger partial charge in [-0.2, -0.15) is 0 Å². The molecule has 0 bridgehead atoms. The van der Waals surface area contributed by atoms with Crippen molar-refractivity contribution in [2.45, 2.75) is 71.1 Å². The van der Waals surface area contributed by atoms with Gasteiger partial charge in [0.15, 0.2) is 0 Å². The summed E-state index contributed by atoms with van der Waals surface area (Å²) in [5, 5.41) is 6.69.